The van der Waals surface area contributed by atoms with Crippen molar-refractivity contribution in [3.63, 3.8) is 0 Å². The summed E-state index contributed by atoms with van der Waals surface area (Å²) in [6.07, 6.45) is 6.02. The number of hydrogen-bond acceptors (Lipinski definition) is 23. The van der Waals surface area contributed by atoms with E-state index in [0.29, 0.717) is 25.7 Å². The van der Waals surface area contributed by atoms with Gasteiger partial charge in [-0.05, 0) is 44.9 Å². The summed E-state index contributed by atoms with van der Waals surface area (Å²) >= 11 is 0. The van der Waals surface area contributed by atoms with Crippen LogP contribution in [0.5, 0.6) is 0 Å². The molecule has 2 heterocycles. The highest BCUT2D eigenvalue weighted by Crippen LogP contribution is 2.49. The number of unbranched alkanes of at least 4 members (excludes halogenated alkanes) is 31. The van der Waals surface area contributed by atoms with Crippen LogP contribution in [0.4, 0.5) is 0 Å². The van der Waals surface area contributed by atoms with Crippen LogP contribution >= 0.6 is 7.82 Å². The summed E-state index contributed by atoms with van der Waals surface area (Å²) in [5.74, 6) is -2.00. The van der Waals surface area contributed by atoms with Crippen LogP contribution in [0, 0.1) is 0 Å². The lowest BCUT2D eigenvalue weighted by Gasteiger charge is -2.49. The molecular formula is C67H123O24P. The minimum Gasteiger partial charge on any atom is -0.463 e. The molecule has 540 valence electrons. The molecular weight excluding hydrogens is 1220 g/mol. The Labute approximate surface area is 548 Å². The lowest BCUT2D eigenvalue weighted by atomic mass is 9.84. The quantitative estimate of drug-likeness (QED) is 0.00894. The van der Waals surface area contributed by atoms with Crippen molar-refractivity contribution in [3.8, 4) is 0 Å². The van der Waals surface area contributed by atoms with Crippen molar-refractivity contribution in [3.05, 3.63) is 12.2 Å². The Morgan fingerprint density at radius 1 is 0.413 bits per heavy atom. The third kappa shape index (κ3) is 33.8. The maximum atomic E-state index is 14.3. The number of ether oxygens (including phenoxy) is 7. The highest BCUT2D eigenvalue weighted by Gasteiger charge is 2.58. The maximum Gasteiger partial charge on any atom is 0.472 e. The Morgan fingerprint density at radius 2 is 0.761 bits per heavy atom. The summed E-state index contributed by atoms with van der Waals surface area (Å²) < 4.78 is 64.8. The Hall–Kier alpha value is -2.30. The summed E-state index contributed by atoms with van der Waals surface area (Å²) in [5, 5.41) is 110. The molecule has 1 saturated carbocycles. The average molecular weight is 1340 g/mol. The molecule has 0 aromatic heterocycles. The molecule has 0 amide bonds. The van der Waals surface area contributed by atoms with Crippen LogP contribution in [-0.2, 0) is 61.2 Å². The van der Waals surface area contributed by atoms with E-state index < -0.39 is 156 Å². The molecule has 92 heavy (non-hydrogen) atoms. The SMILES string of the molecule is CCCCCCCC/C=C\CCCCCC(=O)OC(COC(=O)CCCCCCCCCCCCCC)COP(=O)(O)OC1C(OC2OC(CO)C(O)C(O)C2O)C(O)C(O)C(O)C1OC1OC(COC(=O)CCCCCCCCCCCCCC)C(O)C(O)C1O. The number of phosphoric ester groups is 1. The molecule has 0 radical (unpaired) electrons. The number of esters is 3. The molecule has 3 fully saturated rings. The number of rotatable bonds is 54. The highest BCUT2D eigenvalue weighted by atomic mass is 31.2. The zero-order chi connectivity index (χ0) is 67.5. The van der Waals surface area contributed by atoms with E-state index >= 15 is 0 Å². The molecule has 0 aromatic carbocycles. The molecule has 18 atom stereocenters. The molecule has 0 bridgehead atoms. The van der Waals surface area contributed by atoms with Gasteiger partial charge in [0.15, 0.2) is 18.7 Å². The maximum absolute atomic E-state index is 14.3. The summed E-state index contributed by atoms with van der Waals surface area (Å²) in [7, 11) is -5.69. The van der Waals surface area contributed by atoms with Crippen molar-refractivity contribution in [2.24, 2.45) is 0 Å². The van der Waals surface area contributed by atoms with Gasteiger partial charge in [-0.15, -0.1) is 0 Å². The number of carbonyl (C=O) groups is 3. The fourth-order valence-electron chi connectivity index (χ4n) is 11.7. The van der Waals surface area contributed by atoms with Gasteiger partial charge < -0.3 is 89.1 Å². The Balaban J connectivity index is 1.77. The number of aliphatic hydroxyl groups excluding tert-OH is 10. The van der Waals surface area contributed by atoms with Gasteiger partial charge in [-0.2, -0.15) is 0 Å². The van der Waals surface area contributed by atoms with E-state index in [1.165, 1.54) is 109 Å². The van der Waals surface area contributed by atoms with Crippen molar-refractivity contribution in [2.75, 3.05) is 26.4 Å². The Bertz CT molecular complexity index is 1970. The number of hydrogen-bond donors (Lipinski definition) is 11. The molecule has 24 nitrogen and oxygen atoms in total. The van der Waals surface area contributed by atoms with Gasteiger partial charge in [-0.3, -0.25) is 23.4 Å². The Morgan fingerprint density at radius 3 is 1.18 bits per heavy atom. The van der Waals surface area contributed by atoms with E-state index in [2.05, 4.69) is 32.9 Å². The molecule has 25 heteroatoms. The molecule has 0 aromatic rings. The number of allylic oxidation sites excluding steroid dienone is 2. The summed E-state index contributed by atoms with van der Waals surface area (Å²) in [6, 6.07) is 0. The minimum atomic E-state index is -5.69. The van der Waals surface area contributed by atoms with E-state index in [-0.39, 0.29) is 19.3 Å². The Kier molecular flexibility index (Phi) is 45.7. The molecule has 0 spiro atoms. The molecule has 3 rings (SSSR count). The standard InChI is InChI=1S/C67H123O24P/c1-4-7-10-13-16-19-22-25-28-31-34-37-40-43-53(71)86-48(45-83-51(69)41-38-35-32-29-26-23-20-17-14-11-8-5-2)46-85-92(81,82)91-65-63(89-66-61(79)56(74)54(72)49(44-68)87-66)59(77)58(76)60(78)64(65)90-67-62(80)57(75)55(73)50(88-67)47-84-52(70)42-39-36-33-30-27-24-21-18-15-12-9-6-3/h25,28,48-50,54-68,72-80H,4-24,26-27,29-47H2,1-3H3,(H,81,82)/b28-25-. The second-order valence-electron chi connectivity index (χ2n) is 25.6. The van der Waals surface area contributed by atoms with Gasteiger partial charge in [-0.25, -0.2) is 4.57 Å². The fraction of sp³-hybridized carbons (Fsp3) is 0.925. The predicted molar refractivity (Wildman–Crippen MR) is 342 cm³/mol. The van der Waals surface area contributed by atoms with Crippen LogP contribution in [0.2, 0.25) is 0 Å². The van der Waals surface area contributed by atoms with Gasteiger partial charge in [-0.1, -0.05) is 213 Å². The van der Waals surface area contributed by atoms with E-state index in [9.17, 15) is 74.9 Å². The topological polar surface area (TPSA) is 374 Å². The third-order valence-electron chi connectivity index (χ3n) is 17.5. The van der Waals surface area contributed by atoms with Crippen molar-refractivity contribution in [1.82, 2.24) is 0 Å². The van der Waals surface area contributed by atoms with Gasteiger partial charge in [0.1, 0.15) is 98.7 Å². The first-order valence-corrected chi connectivity index (χ1v) is 37.0. The molecule has 2 aliphatic heterocycles. The largest absolute Gasteiger partial charge is 0.472 e. The van der Waals surface area contributed by atoms with Crippen LogP contribution in [-0.4, -0.2) is 204 Å². The van der Waals surface area contributed by atoms with Crippen LogP contribution in [0.3, 0.4) is 0 Å². The zero-order valence-corrected chi connectivity index (χ0v) is 56.7. The van der Waals surface area contributed by atoms with Gasteiger partial charge in [0, 0.05) is 19.3 Å². The predicted octanol–water partition coefficient (Wildman–Crippen LogP) is 8.40. The van der Waals surface area contributed by atoms with E-state index in [4.69, 9.17) is 42.2 Å². The number of carbonyl (C=O) groups excluding carboxylic acids is 3. The molecule has 18 unspecified atom stereocenters. The van der Waals surface area contributed by atoms with Crippen molar-refractivity contribution in [2.45, 2.75) is 369 Å². The minimum absolute atomic E-state index is 0.0312. The van der Waals surface area contributed by atoms with Gasteiger partial charge in [0.2, 0.25) is 0 Å². The number of phosphoric acid groups is 1. The molecule has 2 saturated heterocycles. The lowest BCUT2D eigenvalue weighted by Crippen LogP contribution is -2.69. The molecule has 1 aliphatic carbocycles. The van der Waals surface area contributed by atoms with Crippen LogP contribution in [0.25, 0.3) is 0 Å². The summed E-state index contributed by atoms with van der Waals surface area (Å²) in [5.41, 5.74) is 0. The van der Waals surface area contributed by atoms with Gasteiger partial charge in [0.25, 0.3) is 0 Å². The van der Waals surface area contributed by atoms with Crippen LogP contribution < -0.4 is 0 Å². The van der Waals surface area contributed by atoms with E-state index in [0.717, 1.165) is 89.9 Å². The van der Waals surface area contributed by atoms with E-state index in [1.807, 2.05) is 0 Å². The summed E-state index contributed by atoms with van der Waals surface area (Å²) in [6.45, 7) is 3.39. The van der Waals surface area contributed by atoms with Crippen LogP contribution in [0.15, 0.2) is 12.2 Å². The van der Waals surface area contributed by atoms with E-state index in [1.54, 1.807) is 0 Å². The van der Waals surface area contributed by atoms with Crippen molar-refractivity contribution >= 4 is 25.7 Å². The second kappa shape index (κ2) is 50.1. The first-order chi connectivity index (χ1) is 44.3. The van der Waals surface area contributed by atoms with Gasteiger partial charge >= 0.3 is 25.7 Å². The van der Waals surface area contributed by atoms with Gasteiger partial charge in [0.05, 0.1) is 13.2 Å². The smallest absolute Gasteiger partial charge is 0.463 e. The molecule has 3 aliphatic rings. The highest BCUT2D eigenvalue weighted by molar-refractivity contribution is 7.47. The second-order valence-corrected chi connectivity index (χ2v) is 27.0. The summed E-state index contributed by atoms with van der Waals surface area (Å²) in [4.78, 5) is 50.8. The first kappa shape index (κ1) is 83.9. The van der Waals surface area contributed by atoms with Crippen LogP contribution in [0.1, 0.15) is 265 Å². The lowest BCUT2D eigenvalue weighted by molar-refractivity contribution is -0.360. The fourth-order valence-corrected chi connectivity index (χ4v) is 12.7. The van der Waals surface area contributed by atoms with Crippen molar-refractivity contribution in [1.29, 1.82) is 0 Å². The first-order valence-electron chi connectivity index (χ1n) is 35.5. The third-order valence-corrected chi connectivity index (χ3v) is 18.5. The molecule has 11 N–H and O–H groups in total. The zero-order valence-electron chi connectivity index (χ0n) is 55.8. The normalized spacial score (nSPS) is 28.7. The average Bonchev–Trinajstić information content (AvgIpc) is 0.767. The monoisotopic (exact) mass is 1340 g/mol. The van der Waals surface area contributed by atoms with Crippen molar-refractivity contribution < 1.29 is 117 Å². The number of aliphatic hydroxyl groups is 10.